The number of nitrogens with one attached hydrogen (secondary N) is 1. The number of amides is 1. The topological polar surface area (TPSA) is 51.2 Å². The van der Waals surface area contributed by atoms with Crippen LogP contribution < -0.4 is 10.1 Å². The maximum absolute atomic E-state index is 11.9. The first-order valence-corrected chi connectivity index (χ1v) is 7.96. The lowest BCUT2D eigenvalue weighted by atomic mass is 10.2. The smallest absolute Gasteiger partial charge is 0.249 e. The van der Waals surface area contributed by atoms with E-state index in [4.69, 9.17) is 27.9 Å². The van der Waals surface area contributed by atoms with Crippen molar-refractivity contribution < 1.29 is 9.53 Å². The number of aromatic nitrogens is 1. The predicted molar refractivity (Wildman–Crippen MR) is 97.6 cm³/mol. The normalized spacial score (nSPS) is 10.7. The molecule has 0 fully saturated rings. The van der Waals surface area contributed by atoms with Crippen LogP contribution in [0.15, 0.2) is 36.5 Å². The van der Waals surface area contributed by atoms with E-state index in [2.05, 4.69) is 32.9 Å². The summed E-state index contributed by atoms with van der Waals surface area (Å²) in [7, 11) is 1.50. The van der Waals surface area contributed by atoms with Crippen molar-refractivity contribution in [3.63, 3.8) is 0 Å². The maximum atomic E-state index is 11.9. The number of rotatable bonds is 4. The van der Waals surface area contributed by atoms with E-state index in [1.807, 2.05) is 6.07 Å². The molecular formula is C15H11Cl2IN2O2. The van der Waals surface area contributed by atoms with Crippen LogP contribution in [0.25, 0.3) is 6.08 Å². The molecule has 1 aromatic carbocycles. The van der Waals surface area contributed by atoms with Crippen molar-refractivity contribution in [1.29, 1.82) is 0 Å². The minimum Gasteiger partial charge on any atom is -0.495 e. The zero-order valence-corrected chi connectivity index (χ0v) is 15.1. The molecule has 2 aromatic rings. The molecule has 2 rings (SSSR count). The fraction of sp³-hybridized carbons (Fsp3) is 0.0667. The molecule has 0 bridgehead atoms. The number of pyridine rings is 1. The first-order chi connectivity index (χ1) is 10.5. The molecule has 1 amide bonds. The number of ether oxygens (including phenoxy) is 1. The molecule has 0 unspecified atom stereocenters. The van der Waals surface area contributed by atoms with Gasteiger partial charge in [0.05, 0.1) is 12.1 Å². The Morgan fingerprint density at radius 3 is 2.77 bits per heavy atom. The molecule has 4 nitrogen and oxygen atoms in total. The third-order valence-corrected chi connectivity index (χ3v) is 3.77. The number of methoxy groups -OCH3 is 1. The molecule has 0 aliphatic carbocycles. The van der Waals surface area contributed by atoms with E-state index in [0.717, 1.165) is 3.57 Å². The summed E-state index contributed by atoms with van der Waals surface area (Å²) in [6.45, 7) is 0. The maximum Gasteiger partial charge on any atom is 0.249 e. The Morgan fingerprint density at radius 1 is 1.36 bits per heavy atom. The van der Waals surface area contributed by atoms with E-state index >= 15 is 0 Å². The van der Waals surface area contributed by atoms with E-state index in [9.17, 15) is 4.79 Å². The second-order valence-corrected chi connectivity index (χ2v) is 6.28. The largest absolute Gasteiger partial charge is 0.495 e. The minimum atomic E-state index is -0.313. The van der Waals surface area contributed by atoms with E-state index in [0.29, 0.717) is 27.2 Å². The quantitative estimate of drug-likeness (QED) is 0.547. The second-order valence-electron chi connectivity index (χ2n) is 4.19. The third kappa shape index (κ3) is 4.59. The highest BCUT2D eigenvalue weighted by molar-refractivity contribution is 14.1. The summed E-state index contributed by atoms with van der Waals surface area (Å²) in [6.07, 6.45) is 4.61. The summed E-state index contributed by atoms with van der Waals surface area (Å²) in [5, 5.41) is 3.51. The van der Waals surface area contributed by atoms with Crippen molar-refractivity contribution in [2.75, 3.05) is 12.4 Å². The average molecular weight is 449 g/mol. The summed E-state index contributed by atoms with van der Waals surface area (Å²) in [5.74, 6) is 0.625. The van der Waals surface area contributed by atoms with Gasteiger partial charge in [-0.2, -0.15) is 0 Å². The van der Waals surface area contributed by atoms with Crippen molar-refractivity contribution in [2.24, 2.45) is 0 Å². The highest BCUT2D eigenvalue weighted by Gasteiger charge is 2.08. The Hall–Kier alpha value is -1.31. The van der Waals surface area contributed by atoms with Gasteiger partial charge in [-0.1, -0.05) is 23.2 Å². The molecule has 114 valence electrons. The molecule has 1 N–H and O–H groups in total. The second kappa shape index (κ2) is 7.80. The standard InChI is InChI=1S/C15H11Cl2IN2O2/c1-22-15-9(6-10(16)7-12(15)17)2-5-14(21)20-13-4-3-11(18)8-19-13/h2-8H,1H3,(H,19,20,21). The van der Waals surface area contributed by atoms with Gasteiger partial charge in [-0.15, -0.1) is 0 Å². The number of benzene rings is 1. The number of hydrogen-bond acceptors (Lipinski definition) is 3. The third-order valence-electron chi connectivity index (χ3n) is 2.63. The first kappa shape index (κ1) is 17.1. The molecule has 0 saturated carbocycles. The zero-order chi connectivity index (χ0) is 16.1. The number of hydrogen-bond donors (Lipinski definition) is 1. The summed E-state index contributed by atoms with van der Waals surface area (Å²) >= 11 is 14.1. The molecule has 1 aromatic heterocycles. The predicted octanol–water partition coefficient (Wildman–Crippen LogP) is 4.65. The lowest BCUT2D eigenvalue weighted by Gasteiger charge is -2.07. The van der Waals surface area contributed by atoms with Crippen LogP contribution in [0, 0.1) is 3.57 Å². The Morgan fingerprint density at radius 2 is 2.14 bits per heavy atom. The molecule has 0 atom stereocenters. The Kier molecular flexibility index (Phi) is 6.05. The summed E-state index contributed by atoms with van der Waals surface area (Å²) in [5.41, 5.74) is 0.616. The van der Waals surface area contributed by atoms with Crippen LogP contribution in [-0.4, -0.2) is 18.0 Å². The molecule has 0 saturated heterocycles. The van der Waals surface area contributed by atoms with Crippen molar-refractivity contribution in [3.8, 4) is 5.75 Å². The molecule has 22 heavy (non-hydrogen) atoms. The van der Waals surface area contributed by atoms with E-state index < -0.39 is 0 Å². The lowest BCUT2D eigenvalue weighted by Crippen LogP contribution is -2.09. The fourth-order valence-electron chi connectivity index (χ4n) is 1.70. The highest BCUT2D eigenvalue weighted by atomic mass is 127. The monoisotopic (exact) mass is 448 g/mol. The van der Waals surface area contributed by atoms with Gasteiger partial charge >= 0.3 is 0 Å². The van der Waals surface area contributed by atoms with Crippen LogP contribution in [-0.2, 0) is 4.79 Å². The van der Waals surface area contributed by atoms with Gasteiger partial charge in [0.15, 0.2) is 0 Å². The molecule has 0 aliphatic rings. The van der Waals surface area contributed by atoms with Crippen LogP contribution in [0.2, 0.25) is 10.0 Å². The molecular weight excluding hydrogens is 438 g/mol. The Bertz CT molecular complexity index is 718. The van der Waals surface area contributed by atoms with Crippen molar-refractivity contribution >= 4 is 63.6 Å². The van der Waals surface area contributed by atoms with Gasteiger partial charge in [-0.3, -0.25) is 4.79 Å². The molecule has 1 heterocycles. The Labute approximate surface area is 151 Å². The number of halogens is 3. The van der Waals surface area contributed by atoms with Crippen LogP contribution >= 0.6 is 45.8 Å². The summed E-state index contributed by atoms with van der Waals surface area (Å²) < 4.78 is 6.20. The van der Waals surface area contributed by atoms with Crippen molar-refractivity contribution in [3.05, 3.63) is 55.7 Å². The highest BCUT2D eigenvalue weighted by Crippen LogP contribution is 2.32. The van der Waals surface area contributed by atoms with Crippen LogP contribution in [0.5, 0.6) is 5.75 Å². The number of carbonyl (C=O) groups is 1. The van der Waals surface area contributed by atoms with Crippen molar-refractivity contribution in [1.82, 2.24) is 4.98 Å². The minimum absolute atomic E-state index is 0.313. The van der Waals surface area contributed by atoms with Crippen LogP contribution in [0.4, 0.5) is 5.82 Å². The van der Waals surface area contributed by atoms with Gasteiger partial charge in [0, 0.05) is 26.4 Å². The Balaban J connectivity index is 2.14. The van der Waals surface area contributed by atoms with Crippen LogP contribution in [0.3, 0.4) is 0 Å². The lowest BCUT2D eigenvalue weighted by molar-refractivity contribution is -0.111. The molecule has 7 heteroatoms. The average Bonchev–Trinajstić information content (AvgIpc) is 2.47. The van der Waals surface area contributed by atoms with Gasteiger partial charge in [0.1, 0.15) is 11.6 Å². The van der Waals surface area contributed by atoms with E-state index in [1.54, 1.807) is 30.5 Å². The zero-order valence-electron chi connectivity index (χ0n) is 11.4. The molecule has 0 spiro atoms. The number of anilines is 1. The SMILES string of the molecule is COc1c(Cl)cc(Cl)cc1C=CC(=O)Nc1ccc(I)cn1. The van der Waals surface area contributed by atoms with E-state index in [-0.39, 0.29) is 5.91 Å². The van der Waals surface area contributed by atoms with E-state index in [1.165, 1.54) is 13.2 Å². The molecule has 0 aliphatic heterocycles. The van der Waals surface area contributed by atoms with Gasteiger partial charge in [-0.25, -0.2) is 4.98 Å². The summed E-state index contributed by atoms with van der Waals surface area (Å²) in [4.78, 5) is 16.0. The number of carbonyl (C=O) groups excluding carboxylic acids is 1. The number of nitrogens with zero attached hydrogens (tertiary/aromatic N) is 1. The summed E-state index contributed by atoms with van der Waals surface area (Å²) in [6, 6.07) is 6.82. The molecule has 0 radical (unpaired) electrons. The van der Waals surface area contributed by atoms with Gasteiger partial charge in [0.2, 0.25) is 5.91 Å². The van der Waals surface area contributed by atoms with Gasteiger partial charge in [-0.05, 0) is 52.9 Å². The van der Waals surface area contributed by atoms with Gasteiger partial charge in [0.25, 0.3) is 0 Å². The van der Waals surface area contributed by atoms with Crippen LogP contribution in [0.1, 0.15) is 5.56 Å². The van der Waals surface area contributed by atoms with Gasteiger partial charge < -0.3 is 10.1 Å². The fourth-order valence-corrected chi connectivity index (χ4v) is 2.61. The van der Waals surface area contributed by atoms with Crippen molar-refractivity contribution in [2.45, 2.75) is 0 Å². The first-order valence-electron chi connectivity index (χ1n) is 6.13.